The number of carbonyl (C=O) groups is 1. The van der Waals surface area contributed by atoms with E-state index in [1.807, 2.05) is 18.4 Å². The predicted octanol–water partition coefficient (Wildman–Crippen LogP) is 4.36. The molecule has 0 aliphatic carbocycles. The highest BCUT2D eigenvalue weighted by molar-refractivity contribution is 7.97. The van der Waals surface area contributed by atoms with Crippen molar-refractivity contribution in [2.45, 2.75) is 5.75 Å². The van der Waals surface area contributed by atoms with Crippen LogP contribution in [-0.4, -0.2) is 17.1 Å². The van der Waals surface area contributed by atoms with E-state index in [1.54, 1.807) is 23.9 Å². The van der Waals surface area contributed by atoms with Gasteiger partial charge in [-0.1, -0.05) is 23.7 Å². The third kappa shape index (κ3) is 3.99. The van der Waals surface area contributed by atoms with E-state index in [4.69, 9.17) is 11.6 Å². The molecule has 7 heteroatoms. The summed E-state index contributed by atoms with van der Waals surface area (Å²) < 4.78 is 0. The number of anilines is 1. The van der Waals surface area contributed by atoms with Crippen LogP contribution in [0.15, 0.2) is 42.5 Å². The molecule has 0 saturated heterocycles. The maximum atomic E-state index is 12.1. The van der Waals surface area contributed by atoms with E-state index >= 15 is 0 Å². The maximum Gasteiger partial charge on any atom is 0.271 e. The maximum absolute atomic E-state index is 12.1. The standard InChI is InChI=1S/C15H13ClN2O3S/c1-22-9-10-2-4-11(5-3-10)15(19)17-14-7-6-12(18(20)21)8-13(14)16/h2-8H,9H2,1H3,(H,17,19). The molecule has 0 aliphatic rings. The summed E-state index contributed by atoms with van der Waals surface area (Å²) in [5.41, 5.74) is 1.85. The quantitative estimate of drug-likeness (QED) is 0.650. The lowest BCUT2D eigenvalue weighted by molar-refractivity contribution is -0.384. The number of nitro groups is 1. The van der Waals surface area contributed by atoms with Crippen LogP contribution in [-0.2, 0) is 5.75 Å². The third-order valence-electron chi connectivity index (χ3n) is 2.94. The van der Waals surface area contributed by atoms with Gasteiger partial charge in [0.25, 0.3) is 11.6 Å². The summed E-state index contributed by atoms with van der Waals surface area (Å²) in [5.74, 6) is 0.572. The fourth-order valence-corrected chi connectivity index (χ4v) is 2.58. The zero-order valence-electron chi connectivity index (χ0n) is 11.7. The molecule has 0 radical (unpaired) electrons. The van der Waals surface area contributed by atoms with Crippen LogP contribution < -0.4 is 5.32 Å². The van der Waals surface area contributed by atoms with Crippen molar-refractivity contribution in [1.82, 2.24) is 0 Å². The normalized spacial score (nSPS) is 10.3. The minimum Gasteiger partial charge on any atom is -0.321 e. The molecule has 2 aromatic rings. The van der Waals surface area contributed by atoms with Gasteiger partial charge in [0.05, 0.1) is 15.6 Å². The van der Waals surface area contributed by atoms with Crippen LogP contribution in [0.5, 0.6) is 0 Å². The molecule has 0 fully saturated rings. The van der Waals surface area contributed by atoms with Crippen LogP contribution in [0.3, 0.4) is 0 Å². The molecule has 0 aromatic heterocycles. The molecule has 0 saturated carbocycles. The van der Waals surface area contributed by atoms with Crippen molar-refractivity contribution in [2.75, 3.05) is 11.6 Å². The number of thioether (sulfide) groups is 1. The second kappa shape index (κ2) is 7.29. The SMILES string of the molecule is CSCc1ccc(C(=O)Nc2ccc([N+](=O)[O-])cc2Cl)cc1. The summed E-state index contributed by atoms with van der Waals surface area (Å²) in [6, 6.07) is 11.2. The Morgan fingerprint density at radius 1 is 1.27 bits per heavy atom. The van der Waals surface area contributed by atoms with Crippen LogP contribution in [0.1, 0.15) is 15.9 Å². The highest BCUT2D eigenvalue weighted by Gasteiger charge is 2.12. The van der Waals surface area contributed by atoms with Gasteiger partial charge >= 0.3 is 0 Å². The molecule has 0 unspecified atom stereocenters. The Hall–Kier alpha value is -2.05. The fourth-order valence-electron chi connectivity index (χ4n) is 1.83. The molecule has 0 spiro atoms. The van der Waals surface area contributed by atoms with Crippen molar-refractivity contribution in [1.29, 1.82) is 0 Å². The summed E-state index contributed by atoms with van der Waals surface area (Å²) >= 11 is 7.65. The number of carbonyl (C=O) groups excluding carboxylic acids is 1. The Kier molecular flexibility index (Phi) is 5.41. The molecular formula is C15H13ClN2O3S. The smallest absolute Gasteiger partial charge is 0.271 e. The van der Waals surface area contributed by atoms with Gasteiger partial charge in [-0.05, 0) is 30.0 Å². The zero-order chi connectivity index (χ0) is 16.1. The van der Waals surface area contributed by atoms with Crippen molar-refractivity contribution in [3.8, 4) is 0 Å². The summed E-state index contributed by atoms with van der Waals surface area (Å²) in [5, 5.41) is 13.4. The average molecular weight is 337 g/mol. The summed E-state index contributed by atoms with van der Waals surface area (Å²) in [6.07, 6.45) is 2.01. The molecule has 0 bridgehead atoms. The molecule has 0 atom stereocenters. The van der Waals surface area contributed by atoms with Crippen LogP contribution in [0.25, 0.3) is 0 Å². The van der Waals surface area contributed by atoms with Crippen molar-refractivity contribution in [3.63, 3.8) is 0 Å². The molecule has 2 rings (SSSR count). The summed E-state index contributed by atoms with van der Waals surface area (Å²) in [6.45, 7) is 0. The summed E-state index contributed by atoms with van der Waals surface area (Å²) in [7, 11) is 0. The Morgan fingerprint density at radius 3 is 2.50 bits per heavy atom. The van der Waals surface area contributed by atoms with Gasteiger partial charge in [0, 0.05) is 23.4 Å². The monoisotopic (exact) mass is 336 g/mol. The minimum atomic E-state index is -0.540. The molecular weight excluding hydrogens is 324 g/mol. The number of nitrogens with zero attached hydrogens (tertiary/aromatic N) is 1. The molecule has 0 aliphatic heterocycles. The van der Waals surface area contributed by atoms with Gasteiger partial charge in [-0.3, -0.25) is 14.9 Å². The van der Waals surface area contributed by atoms with Gasteiger partial charge in [0.2, 0.25) is 0 Å². The number of hydrogen-bond acceptors (Lipinski definition) is 4. The van der Waals surface area contributed by atoms with Crippen molar-refractivity contribution in [3.05, 3.63) is 68.7 Å². The number of nitrogens with one attached hydrogen (secondary N) is 1. The van der Waals surface area contributed by atoms with Crippen molar-refractivity contribution in [2.24, 2.45) is 0 Å². The Balaban J connectivity index is 2.13. The number of halogens is 1. The Labute approximate surface area is 136 Å². The zero-order valence-corrected chi connectivity index (χ0v) is 13.3. The number of hydrogen-bond donors (Lipinski definition) is 1. The first-order chi connectivity index (χ1) is 10.5. The topological polar surface area (TPSA) is 72.2 Å². The second-order valence-corrected chi connectivity index (χ2v) is 5.78. The van der Waals surface area contributed by atoms with Gasteiger partial charge in [0.1, 0.15) is 0 Å². The highest BCUT2D eigenvalue weighted by Crippen LogP contribution is 2.27. The third-order valence-corrected chi connectivity index (χ3v) is 3.87. The van der Waals surface area contributed by atoms with E-state index in [-0.39, 0.29) is 16.6 Å². The van der Waals surface area contributed by atoms with Crippen LogP contribution in [0, 0.1) is 10.1 Å². The molecule has 114 valence electrons. The predicted molar refractivity (Wildman–Crippen MR) is 89.7 cm³/mol. The lowest BCUT2D eigenvalue weighted by Crippen LogP contribution is -2.12. The summed E-state index contributed by atoms with van der Waals surface area (Å²) in [4.78, 5) is 22.3. The number of rotatable bonds is 5. The number of benzene rings is 2. The van der Waals surface area contributed by atoms with Gasteiger partial charge < -0.3 is 5.32 Å². The van der Waals surface area contributed by atoms with Crippen LogP contribution in [0.4, 0.5) is 11.4 Å². The number of non-ortho nitro benzene ring substituents is 1. The Morgan fingerprint density at radius 2 is 1.95 bits per heavy atom. The van der Waals surface area contributed by atoms with Crippen molar-refractivity contribution >= 4 is 40.6 Å². The molecule has 1 amide bonds. The van der Waals surface area contributed by atoms with E-state index in [0.717, 1.165) is 11.3 Å². The Bertz CT molecular complexity index is 704. The minimum absolute atomic E-state index is 0.121. The largest absolute Gasteiger partial charge is 0.321 e. The van der Waals surface area contributed by atoms with E-state index < -0.39 is 4.92 Å². The first-order valence-electron chi connectivity index (χ1n) is 6.34. The van der Waals surface area contributed by atoms with Gasteiger partial charge in [-0.2, -0.15) is 11.8 Å². The van der Waals surface area contributed by atoms with E-state index in [0.29, 0.717) is 11.3 Å². The fraction of sp³-hybridized carbons (Fsp3) is 0.133. The molecule has 5 nitrogen and oxygen atoms in total. The molecule has 2 aromatic carbocycles. The number of nitro benzene ring substituents is 1. The lowest BCUT2D eigenvalue weighted by Gasteiger charge is -2.07. The van der Waals surface area contributed by atoms with Crippen LogP contribution in [0.2, 0.25) is 5.02 Å². The van der Waals surface area contributed by atoms with Crippen LogP contribution >= 0.6 is 23.4 Å². The molecule has 22 heavy (non-hydrogen) atoms. The van der Waals surface area contributed by atoms with E-state index in [2.05, 4.69) is 5.32 Å². The van der Waals surface area contributed by atoms with Gasteiger partial charge in [0.15, 0.2) is 0 Å². The van der Waals surface area contributed by atoms with E-state index in [9.17, 15) is 14.9 Å². The first kappa shape index (κ1) is 16.3. The van der Waals surface area contributed by atoms with Crippen molar-refractivity contribution < 1.29 is 9.72 Å². The first-order valence-corrected chi connectivity index (χ1v) is 8.11. The highest BCUT2D eigenvalue weighted by atomic mass is 35.5. The second-order valence-electron chi connectivity index (χ2n) is 4.51. The molecule has 0 heterocycles. The van der Waals surface area contributed by atoms with Gasteiger partial charge in [-0.15, -0.1) is 0 Å². The lowest BCUT2D eigenvalue weighted by atomic mass is 10.1. The number of amides is 1. The van der Waals surface area contributed by atoms with Gasteiger partial charge in [-0.25, -0.2) is 0 Å². The molecule has 1 N–H and O–H groups in total. The van der Waals surface area contributed by atoms with E-state index in [1.165, 1.54) is 18.2 Å². The average Bonchev–Trinajstić information content (AvgIpc) is 2.50.